The number of hydrogen-bond acceptors (Lipinski definition) is 5. The Morgan fingerprint density at radius 1 is 1.14 bits per heavy atom. The van der Waals surface area contributed by atoms with Crippen molar-refractivity contribution in [3.63, 3.8) is 0 Å². The molecule has 1 aliphatic rings. The van der Waals surface area contributed by atoms with E-state index in [1.54, 1.807) is 36.8 Å². The first-order valence-corrected chi connectivity index (χ1v) is 13.3. The fourth-order valence-electron chi connectivity index (χ4n) is 4.25. The summed E-state index contributed by atoms with van der Waals surface area (Å²) in [5.41, 5.74) is 2.85. The molecule has 6 nitrogen and oxygen atoms in total. The second-order valence-corrected chi connectivity index (χ2v) is 10.7. The van der Waals surface area contributed by atoms with E-state index in [0.29, 0.717) is 37.1 Å². The minimum Gasteiger partial charge on any atom is -0.496 e. The summed E-state index contributed by atoms with van der Waals surface area (Å²) in [7, 11) is 1.59. The predicted molar refractivity (Wildman–Crippen MR) is 151 cm³/mol. The van der Waals surface area contributed by atoms with Crippen molar-refractivity contribution in [2.45, 2.75) is 13.0 Å². The molecule has 186 valence electrons. The summed E-state index contributed by atoms with van der Waals surface area (Å²) in [5.74, 6) is 0.317. The topological polar surface area (TPSA) is 72.7 Å². The van der Waals surface area contributed by atoms with Crippen molar-refractivity contribution in [3.05, 3.63) is 124 Å². The molecule has 0 fully saturated rings. The number of thiazole rings is 1. The molecule has 1 N–H and O–H groups in total. The number of methoxy groups -OCH3 is 1. The Morgan fingerprint density at radius 2 is 1.86 bits per heavy atom. The third-order valence-electron chi connectivity index (χ3n) is 5.96. The summed E-state index contributed by atoms with van der Waals surface area (Å²) < 4.78 is 8.41. The van der Waals surface area contributed by atoms with Gasteiger partial charge in [-0.1, -0.05) is 69.2 Å². The molecule has 1 unspecified atom stereocenters. The van der Waals surface area contributed by atoms with Crippen LogP contribution in [0.25, 0.3) is 6.08 Å². The Morgan fingerprint density at radius 3 is 2.57 bits per heavy atom. The highest BCUT2D eigenvalue weighted by molar-refractivity contribution is 9.10. The van der Waals surface area contributed by atoms with Crippen molar-refractivity contribution in [1.82, 2.24) is 4.57 Å². The van der Waals surface area contributed by atoms with Crippen LogP contribution >= 0.6 is 38.9 Å². The van der Waals surface area contributed by atoms with E-state index in [-0.39, 0.29) is 11.5 Å². The molecule has 0 radical (unpaired) electrons. The molecule has 1 atom stereocenters. The number of nitrogens with one attached hydrogen (secondary N) is 1. The number of carbonyl (C=O) groups is 1. The maximum atomic E-state index is 13.8. The predicted octanol–water partition coefficient (Wildman–Crippen LogP) is 5.30. The van der Waals surface area contributed by atoms with E-state index in [2.05, 4.69) is 26.2 Å². The van der Waals surface area contributed by atoms with Crippen molar-refractivity contribution in [1.29, 1.82) is 0 Å². The number of carbonyl (C=O) groups excluding carboxylic acids is 1. The summed E-state index contributed by atoms with van der Waals surface area (Å²) in [4.78, 5) is 32.6. The SMILES string of the molecule is COc1ccc(Br)cc1/C=c1\sc2n(c1=O)C(c1ccc(Cl)cc1)C(C(=O)Nc1ccccc1)=C(C)N=2. The van der Waals surface area contributed by atoms with Crippen LogP contribution in [0.5, 0.6) is 5.75 Å². The third kappa shape index (κ3) is 5.05. The quantitative estimate of drug-likeness (QED) is 0.341. The van der Waals surface area contributed by atoms with Gasteiger partial charge in [-0.2, -0.15) is 0 Å². The largest absolute Gasteiger partial charge is 0.496 e. The molecular weight excluding hydrogens is 574 g/mol. The van der Waals surface area contributed by atoms with Crippen molar-refractivity contribution in [2.75, 3.05) is 12.4 Å². The molecule has 0 bridgehead atoms. The molecule has 0 saturated heterocycles. The lowest BCUT2D eigenvalue weighted by molar-refractivity contribution is -0.113. The van der Waals surface area contributed by atoms with Crippen LogP contribution in [0.2, 0.25) is 5.02 Å². The Hall–Kier alpha value is -3.46. The van der Waals surface area contributed by atoms with E-state index >= 15 is 0 Å². The van der Waals surface area contributed by atoms with E-state index in [9.17, 15) is 9.59 Å². The molecule has 9 heteroatoms. The first-order chi connectivity index (χ1) is 17.9. The molecule has 0 spiro atoms. The number of halogens is 2. The van der Waals surface area contributed by atoms with Crippen LogP contribution in [0.4, 0.5) is 5.69 Å². The fraction of sp³-hybridized carbons (Fsp3) is 0.107. The Balaban J connectivity index is 1.69. The van der Waals surface area contributed by atoms with Gasteiger partial charge in [0.15, 0.2) is 4.80 Å². The molecule has 2 heterocycles. The molecule has 0 saturated carbocycles. The van der Waals surface area contributed by atoms with E-state index < -0.39 is 6.04 Å². The monoisotopic (exact) mass is 593 g/mol. The molecule has 1 aromatic heterocycles. The summed E-state index contributed by atoms with van der Waals surface area (Å²) >= 11 is 10.9. The van der Waals surface area contributed by atoms with Crippen LogP contribution in [0.15, 0.2) is 98.3 Å². The van der Waals surface area contributed by atoms with Gasteiger partial charge in [0, 0.05) is 20.7 Å². The zero-order valence-electron chi connectivity index (χ0n) is 19.9. The number of fused-ring (bicyclic) bond motifs is 1. The van der Waals surface area contributed by atoms with Crippen LogP contribution in [0, 0.1) is 0 Å². The minimum atomic E-state index is -0.677. The second kappa shape index (κ2) is 10.5. The molecule has 4 aromatic rings. The average molecular weight is 595 g/mol. The molecule has 1 amide bonds. The smallest absolute Gasteiger partial charge is 0.271 e. The van der Waals surface area contributed by atoms with Crippen LogP contribution in [0.1, 0.15) is 24.1 Å². The maximum Gasteiger partial charge on any atom is 0.271 e. The van der Waals surface area contributed by atoms with Crippen molar-refractivity contribution in [2.24, 2.45) is 4.99 Å². The summed E-state index contributed by atoms with van der Waals surface area (Å²) in [6.07, 6.45) is 1.79. The van der Waals surface area contributed by atoms with Gasteiger partial charge in [-0.3, -0.25) is 14.2 Å². The minimum absolute atomic E-state index is 0.247. The Bertz CT molecular complexity index is 1710. The summed E-state index contributed by atoms with van der Waals surface area (Å²) in [5, 5.41) is 3.51. The van der Waals surface area contributed by atoms with E-state index in [1.165, 1.54) is 11.3 Å². The van der Waals surface area contributed by atoms with Crippen molar-refractivity contribution in [3.8, 4) is 5.75 Å². The molecule has 5 rings (SSSR count). The summed E-state index contributed by atoms with van der Waals surface area (Å²) in [6, 6.07) is 21.3. The lowest BCUT2D eigenvalue weighted by Crippen LogP contribution is -2.40. The number of para-hydroxylation sites is 1. The third-order valence-corrected chi connectivity index (χ3v) is 7.69. The first kappa shape index (κ1) is 25.2. The number of benzene rings is 3. The molecule has 0 aliphatic carbocycles. The van der Waals surface area contributed by atoms with E-state index in [4.69, 9.17) is 16.3 Å². The van der Waals surface area contributed by atoms with Gasteiger partial charge < -0.3 is 10.1 Å². The van der Waals surface area contributed by atoms with Crippen LogP contribution in [0.3, 0.4) is 0 Å². The van der Waals surface area contributed by atoms with Gasteiger partial charge in [0.05, 0.1) is 29.0 Å². The average Bonchev–Trinajstić information content (AvgIpc) is 3.18. The number of ether oxygens (including phenoxy) is 1. The number of anilines is 1. The van der Waals surface area contributed by atoms with Crippen molar-refractivity contribution < 1.29 is 9.53 Å². The zero-order chi connectivity index (χ0) is 26.1. The van der Waals surface area contributed by atoms with Gasteiger partial charge in [0.2, 0.25) is 0 Å². The van der Waals surface area contributed by atoms with Gasteiger partial charge in [-0.15, -0.1) is 0 Å². The van der Waals surface area contributed by atoms with E-state index in [1.807, 2.05) is 60.7 Å². The molecule has 3 aromatic carbocycles. The van der Waals surface area contributed by atoms with Gasteiger partial charge >= 0.3 is 0 Å². The van der Waals surface area contributed by atoms with Gasteiger partial charge in [0.1, 0.15) is 5.75 Å². The number of rotatable bonds is 5. The van der Waals surface area contributed by atoms with Crippen LogP contribution < -0.4 is 24.9 Å². The highest BCUT2D eigenvalue weighted by Crippen LogP contribution is 2.31. The Labute approximate surface area is 230 Å². The lowest BCUT2D eigenvalue weighted by Gasteiger charge is -2.25. The van der Waals surface area contributed by atoms with Gasteiger partial charge in [-0.25, -0.2) is 4.99 Å². The highest BCUT2D eigenvalue weighted by Gasteiger charge is 2.32. The number of aromatic nitrogens is 1. The van der Waals surface area contributed by atoms with Gasteiger partial charge in [-0.05, 0) is 61.0 Å². The number of amides is 1. The zero-order valence-corrected chi connectivity index (χ0v) is 23.0. The molecule has 1 aliphatic heterocycles. The first-order valence-electron chi connectivity index (χ1n) is 11.3. The van der Waals surface area contributed by atoms with E-state index in [0.717, 1.165) is 15.6 Å². The fourth-order valence-corrected chi connectivity index (χ4v) is 5.79. The molecular formula is C28H21BrClN3O3S. The molecule has 37 heavy (non-hydrogen) atoms. The number of allylic oxidation sites excluding steroid dienone is 1. The second-order valence-electron chi connectivity index (χ2n) is 8.34. The lowest BCUT2D eigenvalue weighted by atomic mass is 9.95. The Kier molecular flexibility index (Phi) is 7.15. The number of nitrogens with zero attached hydrogens (tertiary/aromatic N) is 2. The van der Waals surface area contributed by atoms with Crippen LogP contribution in [-0.4, -0.2) is 17.6 Å². The van der Waals surface area contributed by atoms with Gasteiger partial charge in [0.25, 0.3) is 11.5 Å². The van der Waals surface area contributed by atoms with Crippen LogP contribution in [-0.2, 0) is 4.79 Å². The van der Waals surface area contributed by atoms with Crippen molar-refractivity contribution >= 4 is 56.5 Å². The normalized spacial score (nSPS) is 15.2. The maximum absolute atomic E-state index is 13.8. The number of hydrogen-bond donors (Lipinski definition) is 1. The standard InChI is InChI=1S/C28H21BrClN3O3S/c1-16-24(26(34)32-21-6-4-3-5-7-21)25(17-8-11-20(30)12-9-17)33-27(35)23(37-28(33)31-16)15-18-14-19(29)10-13-22(18)36-2/h3-15,25H,1-2H3,(H,32,34)/b23-15-. The highest BCUT2D eigenvalue weighted by atomic mass is 79.9. The summed E-state index contributed by atoms with van der Waals surface area (Å²) in [6.45, 7) is 1.79.